The Balaban J connectivity index is 1.66. The van der Waals surface area contributed by atoms with E-state index in [9.17, 15) is 18.4 Å². The second-order valence-electron chi connectivity index (χ2n) is 7.28. The highest BCUT2D eigenvalue weighted by Crippen LogP contribution is 2.33. The van der Waals surface area contributed by atoms with Crippen LogP contribution in [0.1, 0.15) is 24.5 Å². The van der Waals surface area contributed by atoms with E-state index in [1.54, 1.807) is 31.0 Å². The van der Waals surface area contributed by atoms with Gasteiger partial charge in [-0.3, -0.25) is 9.59 Å². The molecule has 1 atom stereocenters. The van der Waals surface area contributed by atoms with Crippen molar-refractivity contribution in [3.05, 3.63) is 70.2 Å². The smallest absolute Gasteiger partial charge is 0.248 e. The van der Waals surface area contributed by atoms with Crippen LogP contribution in [0.4, 0.5) is 8.78 Å². The van der Waals surface area contributed by atoms with E-state index in [1.165, 1.54) is 11.0 Å². The molecular formula is C21H21ClF2N2O2. The van der Waals surface area contributed by atoms with Crippen LogP contribution in [0.3, 0.4) is 0 Å². The number of likely N-dealkylation sites (N-methyl/N-ethyl adjacent to an activating group) is 1. The van der Waals surface area contributed by atoms with E-state index < -0.39 is 17.2 Å². The first kappa shape index (κ1) is 20.3. The summed E-state index contributed by atoms with van der Waals surface area (Å²) in [4.78, 5) is 28.7. The fourth-order valence-electron chi connectivity index (χ4n) is 3.45. The summed E-state index contributed by atoms with van der Waals surface area (Å²) in [5.74, 6) is -2.39. The molecule has 1 saturated heterocycles. The number of benzene rings is 2. The summed E-state index contributed by atoms with van der Waals surface area (Å²) in [6.07, 6.45) is 0.473. The molecule has 1 fully saturated rings. The van der Waals surface area contributed by atoms with Gasteiger partial charge in [0.1, 0.15) is 5.54 Å². The van der Waals surface area contributed by atoms with E-state index in [0.29, 0.717) is 30.1 Å². The lowest BCUT2D eigenvalue weighted by molar-refractivity contribution is -0.163. The third-order valence-electron chi connectivity index (χ3n) is 5.20. The Kier molecular flexibility index (Phi) is 5.70. The maximum Gasteiger partial charge on any atom is 0.248 e. The summed E-state index contributed by atoms with van der Waals surface area (Å²) in [6.45, 7) is 2.59. The summed E-state index contributed by atoms with van der Waals surface area (Å²) >= 11 is 5.88. The molecule has 148 valence electrons. The molecule has 3 rings (SSSR count). The van der Waals surface area contributed by atoms with E-state index in [-0.39, 0.29) is 18.2 Å². The van der Waals surface area contributed by atoms with Crippen molar-refractivity contribution >= 4 is 23.4 Å². The molecule has 0 N–H and O–H groups in total. The van der Waals surface area contributed by atoms with Gasteiger partial charge in [-0.05, 0) is 48.7 Å². The number of carbonyl (C=O) groups excluding carboxylic acids is 2. The van der Waals surface area contributed by atoms with Crippen molar-refractivity contribution in [1.82, 2.24) is 9.80 Å². The SMILES string of the molecule is CN(Cc1ccc(Cl)cc1)C(=O)C1(C)CCN1C(=O)Cc1ccc(F)c(F)c1. The molecule has 4 nitrogen and oxygen atoms in total. The molecule has 7 heteroatoms. The average molecular weight is 407 g/mol. The average Bonchev–Trinajstić information content (AvgIpc) is 2.64. The first-order valence-electron chi connectivity index (χ1n) is 8.95. The monoisotopic (exact) mass is 406 g/mol. The number of nitrogens with zero attached hydrogens (tertiary/aromatic N) is 2. The van der Waals surface area contributed by atoms with Crippen LogP contribution in [0.5, 0.6) is 0 Å². The minimum absolute atomic E-state index is 0.0824. The summed E-state index contributed by atoms with van der Waals surface area (Å²) < 4.78 is 26.4. The number of hydrogen-bond acceptors (Lipinski definition) is 2. The number of halogens is 3. The zero-order valence-electron chi connectivity index (χ0n) is 15.7. The molecule has 2 aromatic carbocycles. The minimum Gasteiger partial charge on any atom is -0.339 e. The summed E-state index contributed by atoms with van der Waals surface area (Å²) in [5.41, 5.74) is 0.375. The van der Waals surface area contributed by atoms with E-state index in [4.69, 9.17) is 11.6 Å². The van der Waals surface area contributed by atoms with Gasteiger partial charge in [-0.15, -0.1) is 0 Å². The molecule has 1 aliphatic heterocycles. The van der Waals surface area contributed by atoms with Gasteiger partial charge in [-0.2, -0.15) is 0 Å². The van der Waals surface area contributed by atoms with Crippen LogP contribution in [0, 0.1) is 11.6 Å². The largest absolute Gasteiger partial charge is 0.339 e. The van der Waals surface area contributed by atoms with Gasteiger partial charge in [0.25, 0.3) is 0 Å². The van der Waals surface area contributed by atoms with E-state index in [0.717, 1.165) is 17.7 Å². The highest BCUT2D eigenvalue weighted by molar-refractivity contribution is 6.30. The van der Waals surface area contributed by atoms with Crippen molar-refractivity contribution in [2.45, 2.75) is 31.8 Å². The van der Waals surface area contributed by atoms with Crippen LogP contribution in [-0.4, -0.2) is 40.7 Å². The predicted molar refractivity (Wildman–Crippen MR) is 103 cm³/mol. The zero-order chi connectivity index (χ0) is 20.5. The molecule has 1 aliphatic rings. The minimum atomic E-state index is -0.990. The van der Waals surface area contributed by atoms with Crippen LogP contribution in [0.2, 0.25) is 5.02 Å². The van der Waals surface area contributed by atoms with Crippen LogP contribution < -0.4 is 0 Å². The number of amides is 2. The topological polar surface area (TPSA) is 40.6 Å². The maximum atomic E-state index is 13.4. The Bertz CT molecular complexity index is 904. The van der Waals surface area contributed by atoms with Crippen molar-refractivity contribution in [2.75, 3.05) is 13.6 Å². The first-order valence-corrected chi connectivity index (χ1v) is 9.33. The normalized spacial score (nSPS) is 18.5. The van der Waals surface area contributed by atoms with Gasteiger partial charge in [-0.25, -0.2) is 8.78 Å². The van der Waals surface area contributed by atoms with E-state index in [1.807, 2.05) is 12.1 Å². The lowest BCUT2D eigenvalue weighted by atomic mass is 9.84. The van der Waals surface area contributed by atoms with Gasteiger partial charge in [-0.1, -0.05) is 29.8 Å². The first-order chi connectivity index (χ1) is 13.2. The Morgan fingerprint density at radius 1 is 1.11 bits per heavy atom. The van der Waals surface area contributed by atoms with Crippen molar-refractivity contribution in [3.63, 3.8) is 0 Å². The highest BCUT2D eigenvalue weighted by Gasteiger charge is 2.50. The lowest BCUT2D eigenvalue weighted by Crippen LogP contribution is -2.67. The highest BCUT2D eigenvalue weighted by atomic mass is 35.5. The van der Waals surface area contributed by atoms with E-state index in [2.05, 4.69) is 0 Å². The Labute approximate surface area is 167 Å². The van der Waals surface area contributed by atoms with E-state index >= 15 is 0 Å². The molecule has 0 saturated carbocycles. The zero-order valence-corrected chi connectivity index (χ0v) is 16.5. The molecule has 28 heavy (non-hydrogen) atoms. The Hall–Kier alpha value is -2.47. The number of hydrogen-bond donors (Lipinski definition) is 0. The Morgan fingerprint density at radius 2 is 1.75 bits per heavy atom. The maximum absolute atomic E-state index is 13.4. The fourth-order valence-corrected chi connectivity index (χ4v) is 3.57. The van der Waals surface area contributed by atoms with Crippen molar-refractivity contribution < 1.29 is 18.4 Å². The van der Waals surface area contributed by atoms with Crippen molar-refractivity contribution in [1.29, 1.82) is 0 Å². The predicted octanol–water partition coefficient (Wildman–Crippen LogP) is 3.81. The Morgan fingerprint density at radius 3 is 2.32 bits per heavy atom. The molecule has 1 unspecified atom stereocenters. The second-order valence-corrected chi connectivity index (χ2v) is 7.72. The standard InChI is InChI=1S/C21H21ClF2N2O2/c1-21(20(28)25(2)13-14-3-6-16(22)7-4-14)9-10-26(21)19(27)12-15-5-8-17(23)18(24)11-15/h3-8,11H,9-10,12-13H2,1-2H3. The summed E-state index contributed by atoms with van der Waals surface area (Å²) in [5, 5.41) is 0.623. The van der Waals surface area contributed by atoms with Crippen LogP contribution in [0.25, 0.3) is 0 Å². The molecule has 2 aromatic rings. The van der Waals surface area contributed by atoms with Crippen LogP contribution >= 0.6 is 11.6 Å². The molecule has 1 heterocycles. The molecule has 0 radical (unpaired) electrons. The third kappa shape index (κ3) is 4.02. The van der Waals surface area contributed by atoms with Crippen LogP contribution in [-0.2, 0) is 22.6 Å². The number of likely N-dealkylation sites (tertiary alicyclic amines) is 1. The summed E-state index contributed by atoms with van der Waals surface area (Å²) in [6, 6.07) is 10.6. The van der Waals surface area contributed by atoms with Gasteiger partial charge in [0, 0.05) is 25.2 Å². The number of carbonyl (C=O) groups is 2. The van der Waals surface area contributed by atoms with Gasteiger partial charge in [0.05, 0.1) is 6.42 Å². The second kappa shape index (κ2) is 7.87. The fraction of sp³-hybridized carbons (Fsp3) is 0.333. The quantitative estimate of drug-likeness (QED) is 0.757. The van der Waals surface area contributed by atoms with Crippen molar-refractivity contribution in [2.24, 2.45) is 0 Å². The molecule has 0 bridgehead atoms. The van der Waals surface area contributed by atoms with Gasteiger partial charge < -0.3 is 9.80 Å². The van der Waals surface area contributed by atoms with Gasteiger partial charge in [0.15, 0.2) is 11.6 Å². The lowest BCUT2D eigenvalue weighted by Gasteiger charge is -2.50. The molecule has 0 aliphatic carbocycles. The molecule has 2 amide bonds. The molecule has 0 aromatic heterocycles. The number of rotatable bonds is 5. The van der Waals surface area contributed by atoms with Gasteiger partial charge in [0.2, 0.25) is 11.8 Å². The third-order valence-corrected chi connectivity index (χ3v) is 5.45. The van der Waals surface area contributed by atoms with Crippen LogP contribution in [0.15, 0.2) is 42.5 Å². The summed E-state index contributed by atoms with van der Waals surface area (Å²) in [7, 11) is 1.69. The molecular weight excluding hydrogens is 386 g/mol. The van der Waals surface area contributed by atoms with Gasteiger partial charge >= 0.3 is 0 Å². The molecule has 0 spiro atoms. The van der Waals surface area contributed by atoms with Crippen molar-refractivity contribution in [3.8, 4) is 0 Å².